The van der Waals surface area contributed by atoms with E-state index in [0.29, 0.717) is 16.9 Å². The van der Waals surface area contributed by atoms with Crippen molar-refractivity contribution in [3.05, 3.63) is 68.6 Å². The van der Waals surface area contributed by atoms with Crippen LogP contribution in [0, 0.1) is 20.8 Å². The molecule has 0 aliphatic heterocycles. The summed E-state index contributed by atoms with van der Waals surface area (Å²) in [6.45, 7) is 5.10. The molecule has 2 aromatic carbocycles. The summed E-state index contributed by atoms with van der Waals surface area (Å²) in [6, 6.07) is 9.65. The van der Waals surface area contributed by atoms with Gasteiger partial charge in [-0.05, 0) is 56.2 Å². The Balaban J connectivity index is 2.10. The van der Waals surface area contributed by atoms with Crippen LogP contribution < -0.4 is 5.56 Å². The molecule has 28 heavy (non-hydrogen) atoms. The summed E-state index contributed by atoms with van der Waals surface area (Å²) in [5.74, 6) is 0. The molecular weight excluding hydrogens is 404 g/mol. The predicted octanol–water partition coefficient (Wildman–Crippen LogP) is 4.06. The van der Waals surface area contributed by atoms with Gasteiger partial charge >= 0.3 is 0 Å². The van der Waals surface area contributed by atoms with E-state index in [-0.39, 0.29) is 16.4 Å². The van der Waals surface area contributed by atoms with Gasteiger partial charge in [0.2, 0.25) is 0 Å². The van der Waals surface area contributed by atoms with Gasteiger partial charge in [0.05, 0.1) is 16.3 Å². The lowest BCUT2D eigenvalue weighted by atomic mass is 10.2. The smallest absolute Gasteiger partial charge is 0.299 e. The number of rotatable bonds is 4. The Kier molecular flexibility index (Phi) is 5.24. The molecule has 0 aliphatic carbocycles. The molecule has 10 heteroatoms. The molecule has 0 spiro atoms. The lowest BCUT2D eigenvalue weighted by Gasteiger charge is -2.11. The molecular formula is C18H16ClN4O4S-. The van der Waals surface area contributed by atoms with Crippen LogP contribution in [0.4, 0.5) is 11.4 Å². The van der Waals surface area contributed by atoms with E-state index in [0.717, 1.165) is 11.6 Å². The highest BCUT2D eigenvalue weighted by molar-refractivity contribution is 7.86. The van der Waals surface area contributed by atoms with Crippen LogP contribution in [0.1, 0.15) is 16.8 Å². The zero-order chi connectivity index (χ0) is 20.6. The van der Waals surface area contributed by atoms with Crippen molar-refractivity contribution in [1.82, 2.24) is 9.78 Å². The fraction of sp³-hybridized carbons (Fsp3) is 0.167. The Bertz CT molecular complexity index is 1260. The fourth-order valence-electron chi connectivity index (χ4n) is 2.63. The molecule has 146 valence electrons. The first kappa shape index (κ1) is 20.0. The van der Waals surface area contributed by atoms with E-state index in [1.165, 1.54) is 10.7 Å². The lowest BCUT2D eigenvalue weighted by molar-refractivity contribution is 0.463. The first-order valence-electron chi connectivity index (χ1n) is 8.14. The van der Waals surface area contributed by atoms with Crippen LogP contribution in [0.5, 0.6) is 0 Å². The van der Waals surface area contributed by atoms with Gasteiger partial charge in [0, 0.05) is 5.02 Å². The van der Waals surface area contributed by atoms with Gasteiger partial charge in [0.15, 0.2) is 5.69 Å². The van der Waals surface area contributed by atoms with Crippen LogP contribution in [0.2, 0.25) is 5.02 Å². The molecule has 3 rings (SSSR count). The number of benzene rings is 2. The standard InChI is InChI=1S/C18H17ClN4O4S/c1-10-5-4-6-13(7-10)23-18(24)17(12(3)22-23)21-20-15-9-14(19)11(2)8-16(15)28(25,26)27/h4-9,22H,1-3H3,(H,25,26,27)/p-1. The van der Waals surface area contributed by atoms with Crippen molar-refractivity contribution in [1.29, 1.82) is 0 Å². The van der Waals surface area contributed by atoms with E-state index in [1.807, 2.05) is 25.1 Å². The molecule has 3 aromatic rings. The van der Waals surface area contributed by atoms with Crippen LogP contribution in [-0.4, -0.2) is 22.8 Å². The lowest BCUT2D eigenvalue weighted by Crippen LogP contribution is -2.14. The maximum Gasteiger partial charge on any atom is 0.299 e. The Hall–Kier alpha value is -2.75. The molecule has 0 radical (unpaired) electrons. The number of aryl methyl sites for hydroxylation is 3. The summed E-state index contributed by atoms with van der Waals surface area (Å²) in [5, 5.41) is 10.8. The molecule has 0 unspecified atom stereocenters. The first-order chi connectivity index (χ1) is 13.1. The molecule has 8 nitrogen and oxygen atoms in total. The highest BCUT2D eigenvalue weighted by Crippen LogP contribution is 2.31. The van der Waals surface area contributed by atoms with Crippen molar-refractivity contribution in [2.75, 3.05) is 0 Å². The number of hydrogen-bond donors (Lipinski definition) is 1. The number of aromatic nitrogens is 2. The molecule has 1 aromatic heterocycles. The molecule has 1 N–H and O–H groups in total. The third-order valence-electron chi connectivity index (χ3n) is 4.07. The van der Waals surface area contributed by atoms with Gasteiger partial charge in [-0.15, -0.1) is 10.2 Å². The van der Waals surface area contributed by atoms with Gasteiger partial charge in [-0.1, -0.05) is 23.7 Å². The number of nitrogens with zero attached hydrogens (tertiary/aromatic N) is 3. The highest BCUT2D eigenvalue weighted by atomic mass is 35.5. The average molecular weight is 420 g/mol. The summed E-state index contributed by atoms with van der Waals surface area (Å²) in [4.78, 5) is 12.1. The number of H-pyrrole nitrogens is 1. The summed E-state index contributed by atoms with van der Waals surface area (Å²) < 4.78 is 35.8. The second kappa shape index (κ2) is 7.34. The summed E-state index contributed by atoms with van der Waals surface area (Å²) in [6.07, 6.45) is 0. The van der Waals surface area contributed by atoms with Gasteiger partial charge in [-0.25, -0.2) is 13.1 Å². The van der Waals surface area contributed by atoms with Crippen LogP contribution in [0.15, 0.2) is 56.3 Å². The number of azo groups is 1. The van der Waals surface area contributed by atoms with Gasteiger partial charge in [-0.3, -0.25) is 9.89 Å². The quantitative estimate of drug-likeness (QED) is 0.506. The van der Waals surface area contributed by atoms with Crippen molar-refractivity contribution in [2.45, 2.75) is 25.7 Å². The summed E-state index contributed by atoms with van der Waals surface area (Å²) >= 11 is 6.01. The van der Waals surface area contributed by atoms with E-state index in [4.69, 9.17) is 11.6 Å². The van der Waals surface area contributed by atoms with Crippen LogP contribution in [0.3, 0.4) is 0 Å². The SMILES string of the molecule is Cc1cccc(-n2[nH]c(C)c(N=Nc3cc(Cl)c(C)cc3S(=O)(=O)[O-])c2=O)c1. The van der Waals surface area contributed by atoms with E-state index in [1.54, 1.807) is 19.9 Å². The topological polar surface area (TPSA) is 120 Å². The number of hydrogen-bond acceptors (Lipinski definition) is 6. The predicted molar refractivity (Wildman–Crippen MR) is 104 cm³/mol. The zero-order valence-corrected chi connectivity index (χ0v) is 16.8. The van der Waals surface area contributed by atoms with Crippen molar-refractivity contribution in [2.24, 2.45) is 10.2 Å². The van der Waals surface area contributed by atoms with Gasteiger partial charge in [0.1, 0.15) is 15.8 Å². The molecule has 0 saturated heterocycles. The monoisotopic (exact) mass is 419 g/mol. The van der Waals surface area contributed by atoms with Crippen LogP contribution in [-0.2, 0) is 10.1 Å². The van der Waals surface area contributed by atoms with Gasteiger partial charge in [0.25, 0.3) is 5.56 Å². The summed E-state index contributed by atoms with van der Waals surface area (Å²) in [7, 11) is -4.79. The largest absolute Gasteiger partial charge is 0.744 e. The highest BCUT2D eigenvalue weighted by Gasteiger charge is 2.15. The average Bonchev–Trinajstić information content (AvgIpc) is 2.89. The third-order valence-corrected chi connectivity index (χ3v) is 5.34. The first-order valence-corrected chi connectivity index (χ1v) is 9.93. The minimum Gasteiger partial charge on any atom is -0.744 e. The maximum absolute atomic E-state index is 12.7. The van der Waals surface area contributed by atoms with E-state index in [2.05, 4.69) is 15.3 Å². The fourth-order valence-corrected chi connectivity index (χ4v) is 3.47. The Labute approximate surface area is 166 Å². The molecule has 0 bridgehead atoms. The molecule has 0 saturated carbocycles. The third kappa shape index (κ3) is 3.91. The normalized spacial score (nSPS) is 12.0. The molecule has 1 heterocycles. The Morgan fingerprint density at radius 3 is 2.46 bits per heavy atom. The number of aromatic amines is 1. The zero-order valence-electron chi connectivity index (χ0n) is 15.2. The molecule has 0 amide bonds. The molecule has 0 atom stereocenters. The minimum atomic E-state index is -4.79. The second-order valence-corrected chi connectivity index (χ2v) is 8.04. The summed E-state index contributed by atoms with van der Waals surface area (Å²) in [5.41, 5.74) is 1.74. The molecule has 0 fully saturated rings. The Morgan fingerprint density at radius 2 is 1.82 bits per heavy atom. The van der Waals surface area contributed by atoms with Crippen molar-refractivity contribution in [3.63, 3.8) is 0 Å². The van der Waals surface area contributed by atoms with Gasteiger partial charge in [-0.2, -0.15) is 0 Å². The maximum atomic E-state index is 12.7. The van der Waals surface area contributed by atoms with Crippen molar-refractivity contribution in [3.8, 4) is 5.69 Å². The molecule has 0 aliphatic rings. The second-order valence-electron chi connectivity index (χ2n) is 6.29. The van der Waals surface area contributed by atoms with E-state index < -0.39 is 20.6 Å². The van der Waals surface area contributed by atoms with Crippen LogP contribution in [0.25, 0.3) is 5.69 Å². The van der Waals surface area contributed by atoms with E-state index >= 15 is 0 Å². The number of halogens is 1. The van der Waals surface area contributed by atoms with Crippen molar-refractivity contribution < 1.29 is 13.0 Å². The Morgan fingerprint density at radius 1 is 1.11 bits per heavy atom. The van der Waals surface area contributed by atoms with Crippen LogP contribution >= 0.6 is 11.6 Å². The van der Waals surface area contributed by atoms with Crippen molar-refractivity contribution >= 4 is 33.1 Å². The van der Waals surface area contributed by atoms with E-state index in [9.17, 15) is 17.8 Å². The van der Waals surface area contributed by atoms with Gasteiger partial charge < -0.3 is 4.55 Å². The minimum absolute atomic E-state index is 0.00699. The number of nitrogens with one attached hydrogen (secondary N) is 1.